The fourth-order valence-electron chi connectivity index (χ4n) is 1.49. The van der Waals surface area contributed by atoms with Gasteiger partial charge in [-0.25, -0.2) is 9.97 Å². The van der Waals surface area contributed by atoms with Crippen LogP contribution < -0.4 is 0 Å². The molecule has 0 aliphatic rings. The van der Waals surface area contributed by atoms with Crippen LogP contribution in [0.5, 0.6) is 0 Å². The molecular weight excluding hydrogens is 192 g/mol. The highest BCUT2D eigenvalue weighted by Crippen LogP contribution is 2.30. The van der Waals surface area contributed by atoms with Gasteiger partial charge in [-0.15, -0.1) is 11.3 Å². The van der Waals surface area contributed by atoms with Crippen LogP contribution in [0.3, 0.4) is 0 Å². The molecule has 0 amide bonds. The van der Waals surface area contributed by atoms with E-state index in [1.54, 1.807) is 17.7 Å². The first-order valence-electron chi connectivity index (χ1n) is 4.95. The zero-order valence-electron chi connectivity index (χ0n) is 8.74. The van der Waals surface area contributed by atoms with E-state index >= 15 is 0 Å². The molecule has 0 atom stereocenters. The molecule has 2 heterocycles. The zero-order chi connectivity index (χ0) is 10.1. The largest absolute Gasteiger partial charge is 0.241 e. The van der Waals surface area contributed by atoms with Gasteiger partial charge in [0.25, 0.3) is 0 Å². The lowest BCUT2D eigenvalue weighted by Crippen LogP contribution is -1.87. The molecule has 0 aromatic carbocycles. The molecule has 2 rings (SSSR count). The second-order valence-corrected chi connectivity index (χ2v) is 4.76. The molecule has 3 heteroatoms. The Morgan fingerprint density at radius 1 is 1.36 bits per heavy atom. The number of aromatic nitrogens is 2. The number of fused-ring (bicyclic) bond motifs is 1. The molecule has 2 aromatic rings. The summed E-state index contributed by atoms with van der Waals surface area (Å²) in [6.45, 7) is 6.56. The van der Waals surface area contributed by atoms with Crippen LogP contribution in [0.1, 0.15) is 37.3 Å². The lowest BCUT2D eigenvalue weighted by molar-refractivity contribution is 0.890. The van der Waals surface area contributed by atoms with Crippen molar-refractivity contribution >= 4 is 21.6 Å². The SMILES string of the molecule is CCc1ncnc2sc(C(C)C)cc12. The van der Waals surface area contributed by atoms with Crippen LogP contribution in [-0.4, -0.2) is 9.97 Å². The summed E-state index contributed by atoms with van der Waals surface area (Å²) < 4.78 is 0. The highest BCUT2D eigenvalue weighted by molar-refractivity contribution is 7.18. The first kappa shape index (κ1) is 9.59. The van der Waals surface area contributed by atoms with E-state index in [4.69, 9.17) is 0 Å². The second kappa shape index (κ2) is 3.65. The summed E-state index contributed by atoms with van der Waals surface area (Å²) in [5.41, 5.74) is 1.16. The fourth-order valence-corrected chi connectivity index (χ4v) is 2.51. The van der Waals surface area contributed by atoms with Crippen molar-refractivity contribution in [3.63, 3.8) is 0 Å². The average molecular weight is 206 g/mol. The smallest absolute Gasteiger partial charge is 0.127 e. The van der Waals surface area contributed by atoms with E-state index in [9.17, 15) is 0 Å². The molecule has 14 heavy (non-hydrogen) atoms. The standard InChI is InChI=1S/C11H14N2S/c1-4-9-8-5-10(7(2)3)14-11(8)13-6-12-9/h5-7H,4H2,1-3H3. The lowest BCUT2D eigenvalue weighted by Gasteiger charge is -1.96. The maximum atomic E-state index is 4.30. The predicted octanol–water partition coefficient (Wildman–Crippen LogP) is 3.38. The maximum Gasteiger partial charge on any atom is 0.127 e. The summed E-state index contributed by atoms with van der Waals surface area (Å²) in [4.78, 5) is 11.1. The molecule has 0 bridgehead atoms. The quantitative estimate of drug-likeness (QED) is 0.752. The Balaban J connectivity index is 2.64. The van der Waals surface area contributed by atoms with Crippen molar-refractivity contribution in [3.8, 4) is 0 Å². The number of nitrogens with zero attached hydrogens (tertiary/aromatic N) is 2. The third-order valence-electron chi connectivity index (χ3n) is 2.33. The van der Waals surface area contributed by atoms with E-state index in [1.165, 1.54) is 10.3 Å². The van der Waals surface area contributed by atoms with Gasteiger partial charge in [0.05, 0.1) is 5.69 Å². The minimum absolute atomic E-state index is 0.582. The Hall–Kier alpha value is -0.960. The first-order chi connectivity index (χ1) is 6.72. The molecule has 0 saturated heterocycles. The molecule has 0 N–H and O–H groups in total. The summed E-state index contributed by atoms with van der Waals surface area (Å²) in [5, 5.41) is 1.24. The molecule has 0 aliphatic heterocycles. The van der Waals surface area contributed by atoms with E-state index in [0.29, 0.717) is 5.92 Å². The van der Waals surface area contributed by atoms with Gasteiger partial charge in [-0.1, -0.05) is 20.8 Å². The molecule has 0 unspecified atom stereocenters. The Kier molecular flexibility index (Phi) is 2.50. The van der Waals surface area contributed by atoms with E-state index in [-0.39, 0.29) is 0 Å². The summed E-state index contributed by atoms with van der Waals surface area (Å²) >= 11 is 1.78. The third-order valence-corrected chi connectivity index (χ3v) is 3.68. The summed E-state index contributed by atoms with van der Waals surface area (Å²) in [6, 6.07) is 2.24. The number of aryl methyl sites for hydroxylation is 1. The summed E-state index contributed by atoms with van der Waals surface area (Å²) in [7, 11) is 0. The van der Waals surface area contributed by atoms with Crippen LogP contribution in [0.25, 0.3) is 10.2 Å². The molecule has 0 radical (unpaired) electrons. The van der Waals surface area contributed by atoms with Crippen molar-refractivity contribution in [2.24, 2.45) is 0 Å². The minimum Gasteiger partial charge on any atom is -0.241 e. The maximum absolute atomic E-state index is 4.30. The van der Waals surface area contributed by atoms with Crippen molar-refractivity contribution in [1.29, 1.82) is 0 Å². The lowest BCUT2D eigenvalue weighted by atomic mass is 10.1. The topological polar surface area (TPSA) is 25.8 Å². The van der Waals surface area contributed by atoms with Crippen molar-refractivity contribution in [3.05, 3.63) is 23.0 Å². The molecule has 74 valence electrons. The molecule has 0 fully saturated rings. The van der Waals surface area contributed by atoms with Crippen LogP contribution in [0.2, 0.25) is 0 Å². The summed E-state index contributed by atoms with van der Waals surface area (Å²) in [6.07, 6.45) is 2.65. The first-order valence-corrected chi connectivity index (χ1v) is 5.77. The predicted molar refractivity (Wildman–Crippen MR) is 60.9 cm³/mol. The van der Waals surface area contributed by atoms with Crippen molar-refractivity contribution < 1.29 is 0 Å². The van der Waals surface area contributed by atoms with Gasteiger partial charge in [0, 0.05) is 10.3 Å². The zero-order valence-corrected chi connectivity index (χ0v) is 9.56. The van der Waals surface area contributed by atoms with Gasteiger partial charge in [0.1, 0.15) is 11.2 Å². The molecule has 0 aliphatic carbocycles. The highest BCUT2D eigenvalue weighted by Gasteiger charge is 2.09. The molecule has 2 nitrogen and oxygen atoms in total. The van der Waals surface area contributed by atoms with Crippen LogP contribution in [0.15, 0.2) is 12.4 Å². The van der Waals surface area contributed by atoms with E-state index in [0.717, 1.165) is 16.9 Å². The Bertz CT molecular complexity index is 445. The van der Waals surface area contributed by atoms with Gasteiger partial charge in [-0.3, -0.25) is 0 Å². The van der Waals surface area contributed by atoms with Crippen LogP contribution in [0, 0.1) is 0 Å². The Morgan fingerprint density at radius 3 is 2.79 bits per heavy atom. The molecule has 2 aromatic heterocycles. The van der Waals surface area contributed by atoms with Crippen molar-refractivity contribution in [2.45, 2.75) is 33.1 Å². The molecule has 0 spiro atoms. The van der Waals surface area contributed by atoms with Crippen molar-refractivity contribution in [1.82, 2.24) is 9.97 Å². The van der Waals surface area contributed by atoms with Crippen LogP contribution in [-0.2, 0) is 6.42 Å². The van der Waals surface area contributed by atoms with Crippen LogP contribution >= 0.6 is 11.3 Å². The van der Waals surface area contributed by atoms with Gasteiger partial charge < -0.3 is 0 Å². The van der Waals surface area contributed by atoms with E-state index in [1.807, 2.05) is 0 Å². The van der Waals surface area contributed by atoms with Gasteiger partial charge in [0.2, 0.25) is 0 Å². The van der Waals surface area contributed by atoms with Gasteiger partial charge >= 0.3 is 0 Å². The van der Waals surface area contributed by atoms with E-state index < -0.39 is 0 Å². The van der Waals surface area contributed by atoms with Gasteiger partial charge in [-0.2, -0.15) is 0 Å². The number of hydrogen-bond acceptors (Lipinski definition) is 3. The van der Waals surface area contributed by atoms with E-state index in [2.05, 4.69) is 36.8 Å². The van der Waals surface area contributed by atoms with Gasteiger partial charge in [-0.05, 0) is 18.4 Å². The average Bonchev–Trinajstić information content (AvgIpc) is 2.60. The normalized spacial score (nSPS) is 11.4. The fraction of sp³-hybridized carbons (Fsp3) is 0.455. The Labute approximate surface area is 88.0 Å². The number of thiophene rings is 1. The minimum atomic E-state index is 0.582. The van der Waals surface area contributed by atoms with Crippen LogP contribution in [0.4, 0.5) is 0 Å². The summed E-state index contributed by atoms with van der Waals surface area (Å²) in [5.74, 6) is 0.582. The van der Waals surface area contributed by atoms with Gasteiger partial charge in [0.15, 0.2) is 0 Å². The molecule has 0 saturated carbocycles. The Morgan fingerprint density at radius 2 is 2.14 bits per heavy atom. The van der Waals surface area contributed by atoms with Crippen molar-refractivity contribution in [2.75, 3.05) is 0 Å². The number of rotatable bonds is 2. The second-order valence-electron chi connectivity index (χ2n) is 3.70. The third kappa shape index (κ3) is 1.52. The highest BCUT2D eigenvalue weighted by atomic mass is 32.1. The number of hydrogen-bond donors (Lipinski definition) is 0. The monoisotopic (exact) mass is 206 g/mol. The molecular formula is C11H14N2S.